The fraction of sp³-hybridized carbons (Fsp3) is 0.158. The zero-order valence-electron chi connectivity index (χ0n) is 11.9. The van der Waals surface area contributed by atoms with Crippen LogP contribution >= 0.6 is 0 Å². The van der Waals surface area contributed by atoms with Gasteiger partial charge in [-0.25, -0.2) is 0 Å². The summed E-state index contributed by atoms with van der Waals surface area (Å²) in [5, 5.41) is 0. The van der Waals surface area contributed by atoms with E-state index in [2.05, 4.69) is 44.4 Å². The van der Waals surface area contributed by atoms with Crippen LogP contribution in [0.4, 0.5) is 0 Å². The summed E-state index contributed by atoms with van der Waals surface area (Å²) in [6, 6.07) is 15.9. The van der Waals surface area contributed by atoms with Crippen molar-refractivity contribution in [2.24, 2.45) is 0 Å². The number of aryl methyl sites for hydroxylation is 2. The first-order chi connectivity index (χ1) is 9.65. The van der Waals surface area contributed by atoms with Crippen LogP contribution in [0.2, 0.25) is 0 Å². The Morgan fingerprint density at radius 2 is 1.80 bits per heavy atom. The third kappa shape index (κ3) is 4.03. The van der Waals surface area contributed by atoms with Crippen molar-refractivity contribution in [1.29, 1.82) is 0 Å². The third-order valence-corrected chi connectivity index (χ3v) is 3.05. The van der Waals surface area contributed by atoms with Crippen molar-refractivity contribution in [2.45, 2.75) is 13.8 Å². The van der Waals surface area contributed by atoms with Crippen molar-refractivity contribution >= 4 is 0 Å². The summed E-state index contributed by atoms with van der Waals surface area (Å²) in [7, 11) is 0. The Kier molecular flexibility index (Phi) is 4.63. The van der Waals surface area contributed by atoms with Gasteiger partial charge in [0.1, 0.15) is 12.4 Å². The van der Waals surface area contributed by atoms with Gasteiger partial charge in [0.05, 0.1) is 0 Å². The van der Waals surface area contributed by atoms with Gasteiger partial charge in [0, 0.05) is 11.1 Å². The molecule has 0 unspecified atom stereocenters. The van der Waals surface area contributed by atoms with E-state index in [1.807, 2.05) is 36.4 Å². The molecular formula is C19H18O. The highest BCUT2D eigenvalue weighted by molar-refractivity contribution is 5.43. The molecule has 0 saturated heterocycles. The zero-order valence-corrected chi connectivity index (χ0v) is 11.9. The molecule has 1 heteroatoms. The molecule has 0 bridgehead atoms. The minimum absolute atomic E-state index is 0.419. The third-order valence-electron chi connectivity index (χ3n) is 3.05. The van der Waals surface area contributed by atoms with Gasteiger partial charge in [-0.1, -0.05) is 42.7 Å². The summed E-state index contributed by atoms with van der Waals surface area (Å²) in [4.78, 5) is 0. The van der Waals surface area contributed by atoms with Crippen LogP contribution < -0.4 is 4.74 Å². The average Bonchev–Trinajstić information content (AvgIpc) is 2.47. The van der Waals surface area contributed by atoms with E-state index in [0.717, 1.165) is 16.9 Å². The second kappa shape index (κ2) is 6.63. The Morgan fingerprint density at radius 3 is 2.50 bits per heavy atom. The number of ether oxygens (including phenoxy) is 1. The monoisotopic (exact) mass is 262 g/mol. The number of hydrogen-bond donors (Lipinski definition) is 0. The molecule has 0 aliphatic carbocycles. The summed E-state index contributed by atoms with van der Waals surface area (Å²) in [5.41, 5.74) is 4.31. The van der Waals surface area contributed by atoms with E-state index in [1.54, 1.807) is 0 Å². The molecule has 0 N–H and O–H groups in total. The van der Waals surface area contributed by atoms with Gasteiger partial charge in [-0.05, 0) is 49.2 Å². The second-order valence-electron chi connectivity index (χ2n) is 4.75. The lowest BCUT2D eigenvalue weighted by Crippen LogP contribution is -1.98. The van der Waals surface area contributed by atoms with Gasteiger partial charge in [0.25, 0.3) is 0 Å². The smallest absolute Gasteiger partial charge is 0.120 e. The normalized spacial score (nSPS) is 9.50. The van der Waals surface area contributed by atoms with Crippen molar-refractivity contribution in [3.63, 3.8) is 0 Å². The summed E-state index contributed by atoms with van der Waals surface area (Å²) in [6.07, 6.45) is 0. The molecule has 1 nitrogen and oxygen atoms in total. The first kappa shape index (κ1) is 14.0. The maximum absolute atomic E-state index is 5.60. The molecule has 2 rings (SSSR count). The molecule has 0 aliphatic heterocycles. The Morgan fingerprint density at radius 1 is 1.05 bits per heavy atom. The second-order valence-corrected chi connectivity index (χ2v) is 4.75. The molecule has 2 aromatic carbocycles. The van der Waals surface area contributed by atoms with Gasteiger partial charge in [0.2, 0.25) is 0 Å². The first-order valence-corrected chi connectivity index (χ1v) is 6.60. The molecule has 2 aromatic rings. The molecule has 0 aliphatic rings. The minimum Gasteiger partial charge on any atom is -0.488 e. The van der Waals surface area contributed by atoms with Crippen LogP contribution in [0, 0.1) is 25.7 Å². The fourth-order valence-electron chi connectivity index (χ4n) is 1.70. The van der Waals surface area contributed by atoms with Crippen LogP contribution in [0.5, 0.6) is 5.75 Å². The minimum atomic E-state index is 0.419. The molecule has 100 valence electrons. The molecule has 0 heterocycles. The van der Waals surface area contributed by atoms with Crippen LogP contribution in [-0.4, -0.2) is 6.61 Å². The summed E-state index contributed by atoms with van der Waals surface area (Å²) in [6.45, 7) is 8.53. The van der Waals surface area contributed by atoms with E-state index >= 15 is 0 Å². The SMILES string of the molecule is C=C(C#Cc1ccc(C)c(C)c1)COc1ccccc1. The van der Waals surface area contributed by atoms with Crippen molar-refractivity contribution in [2.75, 3.05) is 6.61 Å². The lowest BCUT2D eigenvalue weighted by molar-refractivity contribution is 0.357. The van der Waals surface area contributed by atoms with E-state index in [9.17, 15) is 0 Å². The summed E-state index contributed by atoms with van der Waals surface area (Å²) >= 11 is 0. The van der Waals surface area contributed by atoms with E-state index < -0.39 is 0 Å². The van der Waals surface area contributed by atoms with E-state index in [4.69, 9.17) is 4.74 Å². The Balaban J connectivity index is 1.95. The summed E-state index contributed by atoms with van der Waals surface area (Å²) in [5.74, 6) is 7.00. The highest BCUT2D eigenvalue weighted by Crippen LogP contribution is 2.10. The van der Waals surface area contributed by atoms with E-state index in [-0.39, 0.29) is 0 Å². The van der Waals surface area contributed by atoms with Crippen LogP contribution in [0.25, 0.3) is 0 Å². The molecule has 20 heavy (non-hydrogen) atoms. The molecule has 0 amide bonds. The molecule has 0 fully saturated rings. The highest BCUT2D eigenvalue weighted by Gasteiger charge is 1.95. The number of rotatable bonds is 3. The molecular weight excluding hydrogens is 244 g/mol. The van der Waals surface area contributed by atoms with Gasteiger partial charge >= 0.3 is 0 Å². The maximum Gasteiger partial charge on any atom is 0.120 e. The van der Waals surface area contributed by atoms with Crippen molar-refractivity contribution in [3.8, 4) is 17.6 Å². The topological polar surface area (TPSA) is 9.23 Å². The molecule has 0 saturated carbocycles. The fourth-order valence-corrected chi connectivity index (χ4v) is 1.70. The highest BCUT2D eigenvalue weighted by atomic mass is 16.5. The number of hydrogen-bond acceptors (Lipinski definition) is 1. The van der Waals surface area contributed by atoms with Crippen molar-refractivity contribution in [3.05, 3.63) is 77.4 Å². The molecule has 0 radical (unpaired) electrons. The standard InChI is InChI=1S/C19H18O/c1-15(14-20-19-7-5-4-6-8-19)9-11-18-12-10-16(2)17(3)13-18/h4-8,10,12-13H,1,14H2,2-3H3. The Hall–Kier alpha value is -2.46. The van der Waals surface area contributed by atoms with Crippen LogP contribution in [0.1, 0.15) is 16.7 Å². The van der Waals surface area contributed by atoms with Crippen LogP contribution in [0.3, 0.4) is 0 Å². The quantitative estimate of drug-likeness (QED) is 0.750. The van der Waals surface area contributed by atoms with Gasteiger partial charge in [-0.2, -0.15) is 0 Å². The summed E-state index contributed by atoms with van der Waals surface area (Å²) < 4.78 is 5.60. The maximum atomic E-state index is 5.60. The number of para-hydroxylation sites is 1. The van der Waals surface area contributed by atoms with Crippen molar-refractivity contribution in [1.82, 2.24) is 0 Å². The predicted octanol–water partition coefficient (Wildman–Crippen LogP) is 4.29. The zero-order chi connectivity index (χ0) is 14.4. The molecule has 0 aromatic heterocycles. The largest absolute Gasteiger partial charge is 0.488 e. The van der Waals surface area contributed by atoms with Crippen LogP contribution in [-0.2, 0) is 0 Å². The van der Waals surface area contributed by atoms with Crippen molar-refractivity contribution < 1.29 is 4.74 Å². The van der Waals surface area contributed by atoms with Gasteiger partial charge in [-0.15, -0.1) is 0 Å². The Bertz CT molecular complexity index is 657. The predicted molar refractivity (Wildman–Crippen MR) is 83.9 cm³/mol. The lowest BCUT2D eigenvalue weighted by Gasteiger charge is -2.04. The molecule has 0 spiro atoms. The van der Waals surface area contributed by atoms with Gasteiger partial charge in [0.15, 0.2) is 0 Å². The average molecular weight is 262 g/mol. The first-order valence-electron chi connectivity index (χ1n) is 6.60. The van der Waals surface area contributed by atoms with E-state index in [0.29, 0.717) is 6.61 Å². The number of benzene rings is 2. The van der Waals surface area contributed by atoms with E-state index in [1.165, 1.54) is 11.1 Å². The van der Waals surface area contributed by atoms with Crippen LogP contribution in [0.15, 0.2) is 60.7 Å². The lowest BCUT2D eigenvalue weighted by atomic mass is 10.1. The van der Waals surface area contributed by atoms with Gasteiger partial charge < -0.3 is 4.74 Å². The molecule has 0 atom stereocenters. The Labute approximate surface area is 120 Å². The van der Waals surface area contributed by atoms with Gasteiger partial charge in [-0.3, -0.25) is 0 Å².